The van der Waals surface area contributed by atoms with Crippen molar-refractivity contribution in [2.24, 2.45) is 5.92 Å². The third-order valence-corrected chi connectivity index (χ3v) is 3.70. The summed E-state index contributed by atoms with van der Waals surface area (Å²) >= 11 is 1.44. The molecular formula is C12H15N3O3S. The number of thiazole rings is 1. The Morgan fingerprint density at radius 3 is 2.95 bits per heavy atom. The van der Waals surface area contributed by atoms with Crippen molar-refractivity contribution in [1.29, 1.82) is 0 Å². The molecule has 2 N–H and O–H groups in total. The molecule has 102 valence electrons. The molecule has 1 unspecified atom stereocenters. The van der Waals surface area contributed by atoms with Crippen molar-refractivity contribution in [3.63, 3.8) is 0 Å². The lowest BCUT2D eigenvalue weighted by molar-refractivity contribution is -0.383. The van der Waals surface area contributed by atoms with Gasteiger partial charge in [-0.3, -0.25) is 10.1 Å². The number of aryl methyl sites for hydroxylation is 1. The first-order chi connectivity index (χ1) is 9.01. The molecule has 1 aromatic carbocycles. The molecule has 6 nitrogen and oxygen atoms in total. The van der Waals surface area contributed by atoms with E-state index >= 15 is 0 Å². The zero-order valence-corrected chi connectivity index (χ0v) is 11.5. The second-order valence-corrected chi connectivity index (χ2v) is 5.73. The molecule has 1 aromatic heterocycles. The molecular weight excluding hydrogens is 266 g/mol. The topological polar surface area (TPSA) is 88.3 Å². The fourth-order valence-electron chi connectivity index (χ4n) is 1.72. The summed E-state index contributed by atoms with van der Waals surface area (Å²) in [5, 5.41) is 24.0. The Labute approximate surface area is 114 Å². The van der Waals surface area contributed by atoms with Crippen LogP contribution in [0.1, 0.15) is 11.9 Å². The van der Waals surface area contributed by atoms with Crippen molar-refractivity contribution in [3.05, 3.63) is 27.3 Å². The van der Waals surface area contributed by atoms with Gasteiger partial charge in [0.15, 0.2) is 0 Å². The first-order valence-corrected chi connectivity index (χ1v) is 6.73. The molecule has 2 rings (SSSR count). The molecule has 0 fully saturated rings. The number of aliphatic hydroxyl groups excluding tert-OH is 1. The van der Waals surface area contributed by atoms with Gasteiger partial charge in [0, 0.05) is 19.2 Å². The van der Waals surface area contributed by atoms with E-state index in [0.29, 0.717) is 12.2 Å². The van der Waals surface area contributed by atoms with Crippen LogP contribution in [-0.2, 0) is 0 Å². The molecule has 0 amide bonds. The number of nitro benzene ring substituents is 1. The second-order valence-electron chi connectivity index (χ2n) is 4.50. The average molecular weight is 281 g/mol. The van der Waals surface area contributed by atoms with Crippen LogP contribution < -0.4 is 5.32 Å². The van der Waals surface area contributed by atoms with Crippen LogP contribution in [0.25, 0.3) is 10.2 Å². The molecule has 1 heterocycles. The van der Waals surface area contributed by atoms with E-state index in [9.17, 15) is 10.1 Å². The number of nitrogens with zero attached hydrogens (tertiary/aromatic N) is 2. The number of nitro groups is 1. The number of hydrogen-bond donors (Lipinski definition) is 2. The molecule has 0 aliphatic carbocycles. The summed E-state index contributed by atoms with van der Waals surface area (Å²) in [5.74, 6) is 0.0347. The summed E-state index contributed by atoms with van der Waals surface area (Å²) in [6.07, 6.45) is 0. The van der Waals surface area contributed by atoms with Crippen LogP contribution in [-0.4, -0.2) is 28.2 Å². The van der Waals surface area contributed by atoms with E-state index in [4.69, 9.17) is 5.11 Å². The first kappa shape index (κ1) is 13.7. The van der Waals surface area contributed by atoms with Gasteiger partial charge in [0.1, 0.15) is 5.69 Å². The number of aliphatic hydroxyl groups is 1. The Hall–Kier alpha value is -1.73. The van der Waals surface area contributed by atoms with Gasteiger partial charge in [-0.1, -0.05) is 6.92 Å². The average Bonchev–Trinajstić information content (AvgIpc) is 2.73. The summed E-state index contributed by atoms with van der Waals surface area (Å²) in [6, 6.07) is 3.24. The minimum absolute atomic E-state index is 0.0347. The number of fused-ring (bicyclic) bond motifs is 1. The van der Waals surface area contributed by atoms with Gasteiger partial charge in [0.25, 0.3) is 5.69 Å². The van der Waals surface area contributed by atoms with E-state index in [-0.39, 0.29) is 18.2 Å². The number of hydrogen-bond acceptors (Lipinski definition) is 6. The molecule has 0 aliphatic rings. The minimum Gasteiger partial charge on any atom is -0.396 e. The standard InChI is InChI=1S/C12H15N3O3S/c1-7(6-16)5-13-9-3-10-12(19-8(2)14-10)4-11(9)15(17)18/h3-4,7,13,16H,5-6H2,1-2H3. The van der Waals surface area contributed by atoms with Gasteiger partial charge in [-0.2, -0.15) is 0 Å². The molecule has 1 atom stereocenters. The number of anilines is 1. The lowest BCUT2D eigenvalue weighted by atomic mass is 10.2. The summed E-state index contributed by atoms with van der Waals surface area (Å²) < 4.78 is 0.810. The van der Waals surface area contributed by atoms with Crippen LogP contribution in [0.4, 0.5) is 11.4 Å². The molecule has 0 aliphatic heterocycles. The highest BCUT2D eigenvalue weighted by Gasteiger charge is 2.17. The molecule has 0 spiro atoms. The third kappa shape index (κ3) is 2.99. The van der Waals surface area contributed by atoms with Crippen molar-refractivity contribution in [2.45, 2.75) is 13.8 Å². The van der Waals surface area contributed by atoms with Gasteiger partial charge in [-0.05, 0) is 18.9 Å². The maximum atomic E-state index is 11.1. The molecule has 0 radical (unpaired) electrons. The maximum Gasteiger partial charge on any atom is 0.293 e. The van der Waals surface area contributed by atoms with Crippen LogP contribution in [0.2, 0.25) is 0 Å². The predicted molar refractivity (Wildman–Crippen MR) is 75.8 cm³/mol. The van der Waals surface area contributed by atoms with Crippen LogP contribution in [0, 0.1) is 23.0 Å². The van der Waals surface area contributed by atoms with Crippen LogP contribution >= 0.6 is 11.3 Å². The zero-order chi connectivity index (χ0) is 14.0. The molecule has 0 bridgehead atoms. The SMILES string of the molecule is Cc1nc2cc(NCC(C)CO)c([N+](=O)[O-])cc2s1. The fraction of sp³-hybridized carbons (Fsp3) is 0.417. The zero-order valence-electron chi connectivity index (χ0n) is 10.7. The Morgan fingerprint density at radius 2 is 2.32 bits per heavy atom. The Bertz CT molecular complexity index is 612. The summed E-state index contributed by atoms with van der Waals surface area (Å²) in [4.78, 5) is 15.0. The van der Waals surface area contributed by atoms with Crippen LogP contribution in [0.15, 0.2) is 12.1 Å². The number of rotatable bonds is 5. The summed E-state index contributed by atoms with van der Waals surface area (Å²) in [6.45, 7) is 4.26. The van der Waals surface area contributed by atoms with Gasteiger partial charge in [0.05, 0.1) is 20.1 Å². The van der Waals surface area contributed by atoms with Crippen LogP contribution in [0.3, 0.4) is 0 Å². The van der Waals surface area contributed by atoms with E-state index < -0.39 is 4.92 Å². The minimum atomic E-state index is -0.402. The lowest BCUT2D eigenvalue weighted by Crippen LogP contribution is -2.15. The summed E-state index contributed by atoms with van der Waals surface area (Å²) in [5.41, 5.74) is 1.25. The molecule has 19 heavy (non-hydrogen) atoms. The van der Waals surface area contributed by atoms with Crippen molar-refractivity contribution in [2.75, 3.05) is 18.5 Å². The van der Waals surface area contributed by atoms with E-state index in [1.54, 1.807) is 12.1 Å². The molecule has 7 heteroatoms. The Balaban J connectivity index is 2.38. The van der Waals surface area contributed by atoms with Crippen molar-refractivity contribution in [3.8, 4) is 0 Å². The lowest BCUT2D eigenvalue weighted by Gasteiger charge is -2.11. The quantitative estimate of drug-likeness (QED) is 0.649. The first-order valence-electron chi connectivity index (χ1n) is 5.91. The number of aromatic nitrogens is 1. The highest BCUT2D eigenvalue weighted by atomic mass is 32.1. The highest BCUT2D eigenvalue weighted by molar-refractivity contribution is 7.18. The largest absolute Gasteiger partial charge is 0.396 e. The smallest absolute Gasteiger partial charge is 0.293 e. The Morgan fingerprint density at radius 1 is 1.58 bits per heavy atom. The fourth-order valence-corrected chi connectivity index (χ4v) is 2.56. The number of nitrogens with one attached hydrogen (secondary N) is 1. The molecule has 0 saturated heterocycles. The van der Waals surface area contributed by atoms with Gasteiger partial charge in [-0.25, -0.2) is 4.98 Å². The van der Waals surface area contributed by atoms with Crippen molar-refractivity contribution in [1.82, 2.24) is 4.98 Å². The normalized spacial score (nSPS) is 12.6. The molecule has 0 saturated carbocycles. The van der Waals surface area contributed by atoms with Gasteiger partial charge < -0.3 is 10.4 Å². The van der Waals surface area contributed by atoms with E-state index in [1.807, 2.05) is 13.8 Å². The molecule has 2 aromatic rings. The van der Waals surface area contributed by atoms with E-state index in [0.717, 1.165) is 15.2 Å². The van der Waals surface area contributed by atoms with Crippen LogP contribution in [0.5, 0.6) is 0 Å². The third-order valence-electron chi connectivity index (χ3n) is 2.76. The van der Waals surface area contributed by atoms with Gasteiger partial charge in [0.2, 0.25) is 0 Å². The number of benzene rings is 1. The highest BCUT2D eigenvalue weighted by Crippen LogP contribution is 2.32. The second kappa shape index (κ2) is 5.50. The van der Waals surface area contributed by atoms with Gasteiger partial charge >= 0.3 is 0 Å². The van der Waals surface area contributed by atoms with Crippen molar-refractivity contribution < 1.29 is 10.0 Å². The Kier molecular flexibility index (Phi) is 3.96. The summed E-state index contributed by atoms with van der Waals surface area (Å²) in [7, 11) is 0. The van der Waals surface area contributed by atoms with Gasteiger partial charge in [-0.15, -0.1) is 11.3 Å². The maximum absolute atomic E-state index is 11.1. The van der Waals surface area contributed by atoms with E-state index in [1.165, 1.54) is 11.3 Å². The van der Waals surface area contributed by atoms with Crippen molar-refractivity contribution >= 4 is 32.9 Å². The van der Waals surface area contributed by atoms with E-state index in [2.05, 4.69) is 10.3 Å². The predicted octanol–water partition coefficient (Wildman–Crippen LogP) is 2.55. The monoisotopic (exact) mass is 281 g/mol.